The number of nitrogens with zero attached hydrogens (tertiary/aromatic N) is 2. The first-order chi connectivity index (χ1) is 13.8. The quantitative estimate of drug-likeness (QED) is 0.469. The Kier molecular flexibility index (Phi) is 10.6. The van der Waals surface area contributed by atoms with Gasteiger partial charge in [0.1, 0.15) is 16.8 Å². The molecule has 8 radical (unpaired) electrons. The lowest BCUT2D eigenvalue weighted by Gasteiger charge is -2.06. The number of benzene rings is 2. The number of fused-ring (bicyclic) bond motifs is 1. The molecule has 1 aliphatic rings. The molecule has 0 saturated carbocycles. The molecule has 2 heterocycles. The minimum Gasteiger partial charge on any atom is -0.508 e. The summed E-state index contributed by atoms with van der Waals surface area (Å²) >= 11 is 0. The maximum absolute atomic E-state index is 9.75. The highest BCUT2D eigenvalue weighted by Crippen LogP contribution is 2.22. The summed E-state index contributed by atoms with van der Waals surface area (Å²) in [6.07, 6.45) is 1.58. The van der Waals surface area contributed by atoms with Crippen molar-refractivity contribution in [2.75, 3.05) is 13.2 Å². The van der Waals surface area contributed by atoms with Crippen molar-refractivity contribution in [3.05, 3.63) is 53.6 Å². The molecule has 0 spiro atoms. The molecule has 144 valence electrons. The second-order valence-corrected chi connectivity index (χ2v) is 7.07. The highest BCUT2D eigenvalue weighted by Gasteiger charge is 2.07. The highest BCUT2D eigenvalue weighted by molar-refractivity contribution is 6.33. The van der Waals surface area contributed by atoms with Crippen LogP contribution in [0.2, 0.25) is 0 Å². The Hall–Kier alpha value is -1.91. The number of hydrogen-bond acceptors (Lipinski definition) is 8. The van der Waals surface area contributed by atoms with Gasteiger partial charge < -0.3 is 13.3 Å². The zero-order chi connectivity index (χ0) is 20.0. The summed E-state index contributed by atoms with van der Waals surface area (Å²) in [6.45, 7) is 1.31. The summed E-state index contributed by atoms with van der Waals surface area (Å²) in [6, 6.07) is 13.2. The van der Waals surface area contributed by atoms with E-state index in [-0.39, 0.29) is 10.0 Å². The zero-order valence-electron chi connectivity index (χ0n) is 14.8. The molecule has 2 aromatic carbocycles. The van der Waals surface area contributed by atoms with Gasteiger partial charge in [-0.3, -0.25) is 0 Å². The standard InChI is InChI=1S/C13H11N3O.C3H6O3.O2Si3/c17-12-7-2-1-4-9(12)8-10-5-3-6-11-13(10)15-16-14-11;1-2-4-6-5-3-1;3-1-5-2-4/h1-7,17H,8H2,(H,14,15,16);1-3H2;. The van der Waals surface area contributed by atoms with E-state index >= 15 is 0 Å². The zero-order valence-corrected chi connectivity index (χ0v) is 17.8. The molecule has 9 nitrogen and oxygen atoms in total. The van der Waals surface area contributed by atoms with E-state index in [4.69, 9.17) is 0 Å². The fourth-order valence-electron chi connectivity index (χ4n) is 2.23. The molecule has 0 atom stereocenters. The van der Waals surface area contributed by atoms with Crippen molar-refractivity contribution in [1.29, 1.82) is 0 Å². The van der Waals surface area contributed by atoms with Crippen LogP contribution in [0.15, 0.2) is 42.5 Å². The van der Waals surface area contributed by atoms with E-state index in [2.05, 4.69) is 59.4 Å². The van der Waals surface area contributed by atoms with Crippen LogP contribution in [0.1, 0.15) is 17.5 Å². The summed E-state index contributed by atoms with van der Waals surface area (Å²) in [5.41, 5.74) is 3.65. The van der Waals surface area contributed by atoms with Crippen molar-refractivity contribution < 1.29 is 28.2 Å². The Balaban J connectivity index is 0.000000210. The molecule has 4 rings (SSSR count). The number of aromatic nitrogens is 3. The summed E-state index contributed by atoms with van der Waals surface area (Å²) in [5, 5.41) is 24.6. The van der Waals surface area contributed by atoms with Gasteiger partial charge in [0.25, 0.3) is 0 Å². The van der Waals surface area contributed by atoms with E-state index in [0.29, 0.717) is 25.4 Å². The number of hydrogen-bond donors (Lipinski definition) is 2. The monoisotopic (exact) mass is 431 g/mol. The minimum atomic E-state index is 0.0247. The number of nitrogens with one attached hydrogen (secondary N) is 1. The number of para-hydroxylation sites is 2. The molecule has 1 aromatic heterocycles. The average Bonchev–Trinajstić information content (AvgIpc) is 3.23. The predicted octanol–water partition coefficient (Wildman–Crippen LogP) is 1.24. The Bertz CT molecular complexity index is 805. The largest absolute Gasteiger partial charge is 0.508 e. The van der Waals surface area contributed by atoms with Crippen LogP contribution in [0.25, 0.3) is 11.0 Å². The molecule has 1 fully saturated rings. The molecule has 0 unspecified atom stereocenters. The minimum absolute atomic E-state index is 0.0247. The fraction of sp³-hybridized carbons (Fsp3) is 0.250. The number of phenolic OH excluding ortho intramolecular Hbond substituents is 1. The van der Waals surface area contributed by atoms with Gasteiger partial charge in [0.15, 0.2) is 0 Å². The summed E-state index contributed by atoms with van der Waals surface area (Å²) in [7, 11) is 5.44. The molecule has 3 aromatic rings. The lowest BCUT2D eigenvalue weighted by molar-refractivity contribution is -0.532. The van der Waals surface area contributed by atoms with Gasteiger partial charge in [-0.2, -0.15) is 15.4 Å². The molecule has 0 aliphatic carbocycles. The van der Waals surface area contributed by atoms with Crippen LogP contribution in [-0.4, -0.2) is 64.7 Å². The van der Waals surface area contributed by atoms with Crippen molar-refractivity contribution in [2.45, 2.75) is 12.8 Å². The first-order valence-electron chi connectivity index (χ1n) is 8.12. The number of aromatic hydroxyl groups is 1. The molecule has 28 heavy (non-hydrogen) atoms. The molecule has 12 heteroatoms. The van der Waals surface area contributed by atoms with E-state index in [0.717, 1.165) is 28.6 Å². The van der Waals surface area contributed by atoms with Gasteiger partial charge in [0.2, 0.25) is 21.0 Å². The van der Waals surface area contributed by atoms with Crippen LogP contribution < -0.4 is 0 Å². The lowest BCUT2D eigenvalue weighted by atomic mass is 10.0. The second kappa shape index (κ2) is 13.3. The summed E-state index contributed by atoms with van der Waals surface area (Å²) < 4.78 is 8.51. The van der Waals surface area contributed by atoms with Gasteiger partial charge in [-0.25, -0.2) is 9.78 Å². The van der Waals surface area contributed by atoms with E-state index in [1.165, 1.54) is 0 Å². The third-order valence-corrected chi connectivity index (χ3v) is 4.10. The number of H-pyrrole nitrogens is 1. The maximum Gasteiger partial charge on any atom is 0.409 e. The fourth-order valence-corrected chi connectivity index (χ4v) is 2.78. The van der Waals surface area contributed by atoms with Crippen LogP contribution in [0.4, 0.5) is 0 Å². The molecular weight excluding hydrogens is 414 g/mol. The second-order valence-electron chi connectivity index (χ2n) is 5.27. The van der Waals surface area contributed by atoms with Gasteiger partial charge >= 0.3 is 10.0 Å². The van der Waals surface area contributed by atoms with Crippen LogP contribution >= 0.6 is 0 Å². The van der Waals surface area contributed by atoms with Crippen molar-refractivity contribution in [3.63, 3.8) is 0 Å². The summed E-state index contributed by atoms with van der Waals surface area (Å²) in [5.74, 6) is 0.313. The third-order valence-electron chi connectivity index (χ3n) is 3.44. The molecule has 0 amide bonds. The first kappa shape index (κ1) is 22.4. The Morgan fingerprint density at radius 1 is 1.00 bits per heavy atom. The van der Waals surface area contributed by atoms with Crippen molar-refractivity contribution in [3.8, 4) is 5.75 Å². The van der Waals surface area contributed by atoms with Crippen molar-refractivity contribution in [1.82, 2.24) is 15.4 Å². The number of aromatic amines is 1. The highest BCUT2D eigenvalue weighted by atomic mass is 28.3. The van der Waals surface area contributed by atoms with Crippen LogP contribution in [0, 0.1) is 0 Å². The molecular formula is C16H17N3O6Si3. The number of rotatable bonds is 4. The van der Waals surface area contributed by atoms with E-state index in [1.807, 2.05) is 36.4 Å². The molecule has 0 bridgehead atoms. The molecule has 1 aliphatic heterocycles. The summed E-state index contributed by atoms with van der Waals surface area (Å²) in [4.78, 5) is 8.69. The Morgan fingerprint density at radius 3 is 2.29 bits per heavy atom. The van der Waals surface area contributed by atoms with E-state index in [9.17, 15) is 5.11 Å². The third kappa shape index (κ3) is 7.61. The van der Waals surface area contributed by atoms with Gasteiger partial charge in [-0.05, 0) is 23.3 Å². The number of phenols is 1. The van der Waals surface area contributed by atoms with Crippen molar-refractivity contribution in [2.24, 2.45) is 0 Å². The normalized spacial score (nSPS) is 13.2. The van der Waals surface area contributed by atoms with Gasteiger partial charge in [-0.15, -0.1) is 0 Å². The smallest absolute Gasteiger partial charge is 0.409 e. The molecule has 2 N–H and O–H groups in total. The van der Waals surface area contributed by atoms with Gasteiger partial charge in [0, 0.05) is 12.8 Å². The topological polar surface area (TPSA) is 108 Å². The van der Waals surface area contributed by atoms with E-state index < -0.39 is 0 Å². The van der Waals surface area contributed by atoms with Crippen LogP contribution in [0.5, 0.6) is 5.75 Å². The Labute approximate surface area is 171 Å². The predicted molar refractivity (Wildman–Crippen MR) is 102 cm³/mol. The first-order valence-corrected chi connectivity index (χ1v) is 9.76. The molecule has 1 saturated heterocycles. The Morgan fingerprint density at radius 2 is 1.71 bits per heavy atom. The van der Waals surface area contributed by atoms with Gasteiger partial charge in [0.05, 0.1) is 13.2 Å². The van der Waals surface area contributed by atoms with Crippen molar-refractivity contribution >= 4 is 42.0 Å². The van der Waals surface area contributed by atoms with Gasteiger partial charge in [-0.1, -0.05) is 35.4 Å². The average molecular weight is 432 g/mol. The SMILES string of the molecule is C1COOOC1.Oc1ccccc1Cc1cccc2n[nH]nc12.[Si]O[Si]O[Si]. The maximum atomic E-state index is 9.75. The lowest BCUT2D eigenvalue weighted by Crippen LogP contribution is -2.08. The van der Waals surface area contributed by atoms with Crippen LogP contribution in [-0.2, 0) is 29.5 Å². The van der Waals surface area contributed by atoms with E-state index in [1.54, 1.807) is 6.07 Å². The van der Waals surface area contributed by atoms with Crippen LogP contribution in [0.3, 0.4) is 0 Å².